The van der Waals surface area contributed by atoms with E-state index in [9.17, 15) is 8.42 Å². The predicted molar refractivity (Wildman–Crippen MR) is 83.0 cm³/mol. The van der Waals surface area contributed by atoms with Crippen LogP contribution in [-0.4, -0.2) is 35.7 Å². The van der Waals surface area contributed by atoms with Crippen LogP contribution in [0.15, 0.2) is 59.8 Å². The topological polar surface area (TPSA) is 99.0 Å². The standard InChI is InChI=1S/C14H13N5O3S/c1-22-13-8-4-5-9-14(13)23(20,21)16-11-6-2-3-7-12(11)19-10-15-17-18-19/h2-10,16H,1H3. The van der Waals surface area contributed by atoms with Crippen molar-refractivity contribution in [2.75, 3.05) is 11.8 Å². The van der Waals surface area contributed by atoms with Gasteiger partial charge in [-0.2, -0.15) is 4.68 Å². The zero-order valence-corrected chi connectivity index (χ0v) is 12.9. The van der Waals surface area contributed by atoms with Gasteiger partial charge in [0.15, 0.2) is 0 Å². The van der Waals surface area contributed by atoms with Crippen molar-refractivity contribution in [1.82, 2.24) is 20.2 Å². The third-order valence-corrected chi connectivity index (χ3v) is 4.51. The summed E-state index contributed by atoms with van der Waals surface area (Å²) in [6.07, 6.45) is 1.39. The highest BCUT2D eigenvalue weighted by molar-refractivity contribution is 7.92. The number of tetrazole rings is 1. The molecule has 0 atom stereocenters. The number of para-hydroxylation sites is 3. The van der Waals surface area contributed by atoms with Gasteiger partial charge in [-0.05, 0) is 34.7 Å². The van der Waals surface area contributed by atoms with E-state index in [4.69, 9.17) is 4.74 Å². The normalized spacial score (nSPS) is 11.2. The molecule has 0 radical (unpaired) electrons. The molecule has 0 bridgehead atoms. The first kappa shape index (κ1) is 15.0. The van der Waals surface area contributed by atoms with Gasteiger partial charge < -0.3 is 4.74 Å². The Morgan fingerprint density at radius 1 is 1.09 bits per heavy atom. The SMILES string of the molecule is COc1ccccc1S(=O)(=O)Nc1ccccc1-n1cnnn1. The van der Waals surface area contributed by atoms with Gasteiger partial charge in [0, 0.05) is 0 Å². The lowest BCUT2D eigenvalue weighted by molar-refractivity contribution is 0.403. The molecule has 0 unspecified atom stereocenters. The van der Waals surface area contributed by atoms with Gasteiger partial charge in [0.1, 0.15) is 17.0 Å². The van der Waals surface area contributed by atoms with Crippen molar-refractivity contribution in [2.24, 2.45) is 0 Å². The molecule has 1 N–H and O–H groups in total. The average Bonchev–Trinajstić information content (AvgIpc) is 3.09. The second-order valence-electron chi connectivity index (χ2n) is 4.53. The van der Waals surface area contributed by atoms with E-state index in [0.717, 1.165) is 0 Å². The van der Waals surface area contributed by atoms with Crippen LogP contribution in [0.5, 0.6) is 5.75 Å². The van der Waals surface area contributed by atoms with Crippen LogP contribution in [0.4, 0.5) is 5.69 Å². The summed E-state index contributed by atoms with van der Waals surface area (Å²) in [6, 6.07) is 13.2. The van der Waals surface area contributed by atoms with E-state index in [1.807, 2.05) is 0 Å². The van der Waals surface area contributed by atoms with Crippen LogP contribution in [0, 0.1) is 0 Å². The molecule has 0 amide bonds. The molecular weight excluding hydrogens is 318 g/mol. The molecule has 3 aromatic rings. The minimum atomic E-state index is -3.83. The summed E-state index contributed by atoms with van der Waals surface area (Å²) >= 11 is 0. The van der Waals surface area contributed by atoms with Gasteiger partial charge in [0.05, 0.1) is 18.5 Å². The van der Waals surface area contributed by atoms with E-state index in [1.165, 1.54) is 24.2 Å². The second kappa shape index (κ2) is 6.05. The zero-order valence-electron chi connectivity index (χ0n) is 12.1. The fourth-order valence-electron chi connectivity index (χ4n) is 2.07. The molecule has 1 aromatic heterocycles. The predicted octanol–water partition coefficient (Wildman–Crippen LogP) is 1.47. The molecule has 0 spiro atoms. The maximum Gasteiger partial charge on any atom is 0.265 e. The fourth-order valence-corrected chi connectivity index (χ4v) is 3.32. The smallest absolute Gasteiger partial charge is 0.265 e. The first-order chi connectivity index (χ1) is 11.1. The minimum absolute atomic E-state index is 0.0500. The summed E-state index contributed by atoms with van der Waals surface area (Å²) in [5.41, 5.74) is 0.863. The largest absolute Gasteiger partial charge is 0.495 e. The summed E-state index contributed by atoms with van der Waals surface area (Å²) in [5.74, 6) is 0.264. The molecule has 1 heterocycles. The Balaban J connectivity index is 2.02. The number of rotatable bonds is 5. The second-order valence-corrected chi connectivity index (χ2v) is 6.18. The Hall–Kier alpha value is -2.94. The van der Waals surface area contributed by atoms with Crippen LogP contribution in [0.3, 0.4) is 0 Å². The molecule has 0 saturated carbocycles. The summed E-state index contributed by atoms with van der Waals surface area (Å²) in [5, 5.41) is 10.9. The van der Waals surface area contributed by atoms with E-state index in [1.54, 1.807) is 42.5 Å². The highest BCUT2D eigenvalue weighted by Crippen LogP contribution is 2.27. The Morgan fingerprint density at radius 2 is 1.83 bits per heavy atom. The molecule has 2 aromatic carbocycles. The minimum Gasteiger partial charge on any atom is -0.495 e. The Labute approximate surface area is 132 Å². The summed E-state index contributed by atoms with van der Waals surface area (Å²) in [4.78, 5) is 0.0500. The number of nitrogens with zero attached hydrogens (tertiary/aromatic N) is 4. The van der Waals surface area contributed by atoms with E-state index in [-0.39, 0.29) is 10.6 Å². The van der Waals surface area contributed by atoms with Crippen LogP contribution < -0.4 is 9.46 Å². The number of nitrogens with one attached hydrogen (secondary N) is 1. The number of aromatic nitrogens is 4. The van der Waals surface area contributed by atoms with Crippen molar-refractivity contribution < 1.29 is 13.2 Å². The highest BCUT2D eigenvalue weighted by atomic mass is 32.2. The van der Waals surface area contributed by atoms with E-state index < -0.39 is 10.0 Å². The lowest BCUT2D eigenvalue weighted by atomic mass is 10.3. The number of anilines is 1. The van der Waals surface area contributed by atoms with Crippen molar-refractivity contribution >= 4 is 15.7 Å². The van der Waals surface area contributed by atoms with Crippen molar-refractivity contribution in [1.29, 1.82) is 0 Å². The van der Waals surface area contributed by atoms with E-state index in [0.29, 0.717) is 11.4 Å². The van der Waals surface area contributed by atoms with Crippen LogP contribution in [0.25, 0.3) is 5.69 Å². The molecule has 0 aliphatic heterocycles. The van der Waals surface area contributed by atoms with Gasteiger partial charge in [-0.25, -0.2) is 8.42 Å². The third kappa shape index (κ3) is 2.99. The zero-order chi connectivity index (χ0) is 16.3. The van der Waals surface area contributed by atoms with Crippen molar-refractivity contribution in [3.05, 3.63) is 54.9 Å². The molecular formula is C14H13N5O3S. The number of hydrogen-bond donors (Lipinski definition) is 1. The third-order valence-electron chi connectivity index (χ3n) is 3.10. The molecule has 3 rings (SSSR count). The van der Waals surface area contributed by atoms with E-state index in [2.05, 4.69) is 20.2 Å². The van der Waals surface area contributed by atoms with Crippen molar-refractivity contribution in [3.63, 3.8) is 0 Å². The van der Waals surface area contributed by atoms with Gasteiger partial charge >= 0.3 is 0 Å². The Bertz CT molecular complexity index is 910. The molecule has 0 saturated heterocycles. The highest BCUT2D eigenvalue weighted by Gasteiger charge is 2.20. The fraction of sp³-hybridized carbons (Fsp3) is 0.0714. The van der Waals surface area contributed by atoms with Crippen molar-refractivity contribution in [3.8, 4) is 11.4 Å². The maximum absolute atomic E-state index is 12.7. The molecule has 0 fully saturated rings. The Kier molecular flexibility index (Phi) is 3.94. The number of hydrogen-bond acceptors (Lipinski definition) is 6. The molecule has 9 heteroatoms. The van der Waals surface area contributed by atoms with Crippen LogP contribution in [0.2, 0.25) is 0 Å². The monoisotopic (exact) mass is 331 g/mol. The summed E-state index contributed by atoms with van der Waals surface area (Å²) in [6.45, 7) is 0. The van der Waals surface area contributed by atoms with Crippen LogP contribution in [-0.2, 0) is 10.0 Å². The maximum atomic E-state index is 12.7. The van der Waals surface area contributed by atoms with Gasteiger partial charge in [-0.3, -0.25) is 4.72 Å². The number of methoxy groups -OCH3 is 1. The quantitative estimate of drug-likeness (QED) is 0.760. The van der Waals surface area contributed by atoms with Crippen LogP contribution >= 0.6 is 0 Å². The number of ether oxygens (including phenoxy) is 1. The molecule has 0 aliphatic carbocycles. The first-order valence-corrected chi connectivity index (χ1v) is 8.08. The molecule has 0 aliphatic rings. The van der Waals surface area contributed by atoms with Crippen LogP contribution in [0.1, 0.15) is 0 Å². The first-order valence-electron chi connectivity index (χ1n) is 6.60. The lowest BCUT2D eigenvalue weighted by Crippen LogP contribution is -2.15. The van der Waals surface area contributed by atoms with Gasteiger partial charge in [0.2, 0.25) is 0 Å². The van der Waals surface area contributed by atoms with E-state index >= 15 is 0 Å². The molecule has 23 heavy (non-hydrogen) atoms. The number of sulfonamides is 1. The average molecular weight is 331 g/mol. The van der Waals surface area contributed by atoms with Crippen molar-refractivity contribution in [2.45, 2.75) is 4.90 Å². The lowest BCUT2D eigenvalue weighted by Gasteiger charge is -2.13. The van der Waals surface area contributed by atoms with Gasteiger partial charge in [-0.15, -0.1) is 5.10 Å². The molecule has 118 valence electrons. The summed E-state index contributed by atoms with van der Waals surface area (Å²) < 4.78 is 34.3. The Morgan fingerprint density at radius 3 is 2.57 bits per heavy atom. The number of benzene rings is 2. The summed E-state index contributed by atoms with van der Waals surface area (Å²) in [7, 11) is -2.41. The van der Waals surface area contributed by atoms with Gasteiger partial charge in [0.25, 0.3) is 10.0 Å². The molecule has 8 nitrogen and oxygen atoms in total. The van der Waals surface area contributed by atoms with Gasteiger partial charge in [-0.1, -0.05) is 24.3 Å².